The van der Waals surface area contributed by atoms with Crippen molar-refractivity contribution in [2.24, 2.45) is 0 Å². The minimum absolute atomic E-state index is 0. The molecular formula is C32H51KO3S. The van der Waals surface area contributed by atoms with Gasteiger partial charge in [-0.15, -0.1) is 0 Å². The molecule has 2 aromatic rings. The van der Waals surface area contributed by atoms with Crippen LogP contribution in [0.1, 0.15) is 141 Å². The van der Waals surface area contributed by atoms with Crippen molar-refractivity contribution in [1.82, 2.24) is 0 Å². The Morgan fingerprint density at radius 1 is 0.568 bits per heavy atom. The van der Waals surface area contributed by atoms with E-state index in [0.717, 1.165) is 42.0 Å². The van der Waals surface area contributed by atoms with Crippen molar-refractivity contribution in [3.63, 3.8) is 0 Å². The van der Waals surface area contributed by atoms with Gasteiger partial charge in [-0.3, -0.25) is 0 Å². The van der Waals surface area contributed by atoms with Crippen LogP contribution in [0.15, 0.2) is 35.2 Å². The number of unbranched alkanes of at least 4 members (excludes halogenated alkanes) is 16. The van der Waals surface area contributed by atoms with E-state index < -0.39 is 10.1 Å². The summed E-state index contributed by atoms with van der Waals surface area (Å²) in [6.45, 7) is 4.50. The van der Waals surface area contributed by atoms with Crippen LogP contribution in [0.4, 0.5) is 0 Å². The molecule has 0 aliphatic rings. The maximum Gasteiger partial charge on any atom is 1.00 e. The van der Waals surface area contributed by atoms with Gasteiger partial charge in [0.15, 0.2) is 0 Å². The fourth-order valence-electron chi connectivity index (χ4n) is 5.41. The van der Waals surface area contributed by atoms with Crippen LogP contribution >= 0.6 is 0 Å². The van der Waals surface area contributed by atoms with Crippen LogP contribution in [-0.4, -0.2) is 13.0 Å². The van der Waals surface area contributed by atoms with Gasteiger partial charge in [0.05, 0.1) is 4.90 Å². The van der Waals surface area contributed by atoms with Gasteiger partial charge in [-0.2, -0.15) is 0 Å². The summed E-state index contributed by atoms with van der Waals surface area (Å²) in [5, 5.41) is 2.08. The van der Waals surface area contributed by atoms with E-state index in [1.807, 2.05) is 18.2 Å². The topological polar surface area (TPSA) is 57.2 Å². The van der Waals surface area contributed by atoms with Crippen LogP contribution in [-0.2, 0) is 23.0 Å². The predicted molar refractivity (Wildman–Crippen MR) is 154 cm³/mol. The van der Waals surface area contributed by atoms with E-state index in [2.05, 4.69) is 19.9 Å². The molecule has 0 saturated carbocycles. The molecular weight excluding hydrogens is 504 g/mol. The summed E-state index contributed by atoms with van der Waals surface area (Å²) in [7, 11) is -4.48. The van der Waals surface area contributed by atoms with Crippen LogP contribution < -0.4 is 51.4 Å². The predicted octanol–water partition coefficient (Wildman–Crippen LogP) is 6.89. The molecule has 0 amide bonds. The number of aryl methyl sites for hydroxylation is 2. The summed E-state index contributed by atoms with van der Waals surface area (Å²) >= 11 is 0. The zero-order valence-electron chi connectivity index (χ0n) is 24.2. The first-order chi connectivity index (χ1) is 17.5. The maximum atomic E-state index is 12.0. The fourth-order valence-corrected chi connectivity index (χ4v) is 6.16. The van der Waals surface area contributed by atoms with Crippen molar-refractivity contribution in [2.75, 3.05) is 0 Å². The molecule has 0 saturated heterocycles. The summed E-state index contributed by atoms with van der Waals surface area (Å²) in [4.78, 5) is -0.0187. The Kier molecular flexibility index (Phi) is 20.1. The molecule has 2 rings (SSSR count). The van der Waals surface area contributed by atoms with E-state index in [-0.39, 0.29) is 56.3 Å². The van der Waals surface area contributed by atoms with Crippen molar-refractivity contribution in [2.45, 2.75) is 147 Å². The van der Waals surface area contributed by atoms with Gasteiger partial charge >= 0.3 is 51.4 Å². The van der Waals surface area contributed by atoms with Crippen molar-refractivity contribution in [1.29, 1.82) is 0 Å². The summed E-state index contributed by atoms with van der Waals surface area (Å²) in [5.41, 5.74) is 2.01. The fraction of sp³-hybridized carbons (Fsp3) is 0.688. The summed E-state index contributed by atoms with van der Waals surface area (Å²) in [5.74, 6) is 0. The van der Waals surface area contributed by atoms with Gasteiger partial charge in [0.1, 0.15) is 10.1 Å². The minimum Gasteiger partial charge on any atom is -0.744 e. The quantitative estimate of drug-likeness (QED) is 0.0958. The van der Waals surface area contributed by atoms with Crippen molar-refractivity contribution in [3.05, 3.63) is 41.5 Å². The molecule has 0 aliphatic carbocycles. The molecule has 0 N–H and O–H groups in total. The molecule has 3 nitrogen and oxygen atoms in total. The van der Waals surface area contributed by atoms with E-state index >= 15 is 0 Å². The molecule has 5 heteroatoms. The van der Waals surface area contributed by atoms with Gasteiger partial charge in [-0.1, -0.05) is 141 Å². The van der Waals surface area contributed by atoms with Crippen LogP contribution in [0.3, 0.4) is 0 Å². The largest absolute Gasteiger partial charge is 1.00 e. The van der Waals surface area contributed by atoms with Crippen LogP contribution in [0.25, 0.3) is 10.8 Å². The van der Waals surface area contributed by atoms with Gasteiger partial charge < -0.3 is 4.55 Å². The molecule has 0 unspecified atom stereocenters. The molecule has 0 aromatic heterocycles. The monoisotopic (exact) mass is 554 g/mol. The van der Waals surface area contributed by atoms with E-state index in [4.69, 9.17) is 0 Å². The first kappa shape index (κ1) is 35.3. The van der Waals surface area contributed by atoms with Gasteiger partial charge in [0.2, 0.25) is 0 Å². The number of benzene rings is 2. The molecule has 0 heterocycles. The third-order valence-electron chi connectivity index (χ3n) is 7.57. The van der Waals surface area contributed by atoms with Crippen LogP contribution in [0.2, 0.25) is 0 Å². The average molecular weight is 555 g/mol. The summed E-state index contributed by atoms with van der Waals surface area (Å²) in [6, 6.07) is 9.64. The molecule has 37 heavy (non-hydrogen) atoms. The van der Waals surface area contributed by atoms with Crippen molar-refractivity contribution < 1.29 is 64.4 Å². The summed E-state index contributed by atoms with van der Waals surface area (Å²) in [6.07, 6.45) is 24.4. The zero-order valence-corrected chi connectivity index (χ0v) is 28.1. The van der Waals surface area contributed by atoms with Crippen LogP contribution in [0.5, 0.6) is 0 Å². The normalized spacial score (nSPS) is 11.6. The molecule has 2 aromatic carbocycles. The second kappa shape index (κ2) is 21.1. The van der Waals surface area contributed by atoms with Crippen molar-refractivity contribution >= 4 is 20.9 Å². The van der Waals surface area contributed by atoms with Gasteiger partial charge in [-0.25, -0.2) is 8.42 Å². The third kappa shape index (κ3) is 13.9. The number of hydrogen-bond donors (Lipinski definition) is 0. The van der Waals surface area contributed by atoms with Crippen molar-refractivity contribution in [3.8, 4) is 0 Å². The van der Waals surface area contributed by atoms with E-state index in [1.54, 1.807) is 6.07 Å². The Labute approximate surface area is 271 Å². The summed E-state index contributed by atoms with van der Waals surface area (Å²) < 4.78 is 36.1. The van der Waals surface area contributed by atoms with Crippen LogP contribution in [0, 0.1) is 0 Å². The number of rotatable bonds is 21. The average Bonchev–Trinajstić information content (AvgIpc) is 2.86. The first-order valence-corrected chi connectivity index (χ1v) is 16.4. The second-order valence-corrected chi connectivity index (χ2v) is 12.0. The van der Waals surface area contributed by atoms with Gasteiger partial charge in [-0.05, 0) is 53.6 Å². The molecule has 204 valence electrons. The Morgan fingerprint density at radius 3 is 1.51 bits per heavy atom. The minimum atomic E-state index is -4.48. The maximum absolute atomic E-state index is 12.0. The van der Waals surface area contributed by atoms with E-state index in [9.17, 15) is 13.0 Å². The SMILES string of the molecule is CCCCCCCCCCCc1cccc2c(CCCCCCCCCCC)c(S(=O)(=O)[O-])ccc12.[K+]. The number of fused-ring (bicyclic) bond motifs is 1. The Hall–Kier alpha value is 0.246. The third-order valence-corrected chi connectivity index (χ3v) is 8.49. The molecule has 0 bridgehead atoms. The molecule has 0 fully saturated rings. The molecule has 0 atom stereocenters. The van der Waals surface area contributed by atoms with E-state index in [0.29, 0.717) is 6.42 Å². The number of hydrogen-bond acceptors (Lipinski definition) is 3. The van der Waals surface area contributed by atoms with Gasteiger partial charge in [0.25, 0.3) is 0 Å². The Morgan fingerprint density at radius 2 is 1.03 bits per heavy atom. The first-order valence-electron chi connectivity index (χ1n) is 15.0. The smallest absolute Gasteiger partial charge is 0.744 e. The van der Waals surface area contributed by atoms with Gasteiger partial charge in [0, 0.05) is 0 Å². The molecule has 0 aliphatic heterocycles. The Balaban J connectivity index is 0.00000684. The van der Waals surface area contributed by atoms with E-state index in [1.165, 1.54) is 102 Å². The second-order valence-electron chi connectivity index (χ2n) is 10.7. The zero-order chi connectivity index (χ0) is 26.1. The molecule has 0 radical (unpaired) electrons. The standard InChI is InChI=1S/C32H52O3S.K/c1-3-5-7-9-11-13-15-17-19-22-28-23-21-25-30-29(28)26-27-32(36(33,34)35)31(30)24-20-18-16-14-12-10-8-6-4-2;/h21,23,25-27H,3-20,22,24H2,1-2H3,(H,33,34,35);/q;+1/p-1. The Bertz CT molecular complexity index is 971. The molecule has 0 spiro atoms.